The van der Waals surface area contributed by atoms with Crippen molar-refractivity contribution in [1.29, 1.82) is 0 Å². The number of rotatable bonds is 2. The molecule has 2 fully saturated rings. The number of hydrogen-bond donors (Lipinski definition) is 1. The van der Waals surface area contributed by atoms with Gasteiger partial charge in [-0.05, 0) is 48.6 Å². The summed E-state index contributed by atoms with van der Waals surface area (Å²) in [6, 6.07) is 6.13. The molecule has 0 saturated carbocycles. The second kappa shape index (κ2) is 4.28. The Bertz CT molecular complexity index is 638. The van der Waals surface area contributed by atoms with Gasteiger partial charge in [0.25, 0.3) is 5.91 Å². The summed E-state index contributed by atoms with van der Waals surface area (Å²) in [5, 5.41) is 4.24. The first-order valence-corrected chi connectivity index (χ1v) is 7.44. The lowest BCUT2D eigenvalue weighted by Crippen LogP contribution is -2.43. The number of piperidine rings is 1. The van der Waals surface area contributed by atoms with E-state index in [9.17, 15) is 4.79 Å². The molecule has 4 nitrogen and oxygen atoms in total. The van der Waals surface area contributed by atoms with Crippen molar-refractivity contribution >= 4 is 27.5 Å². The quantitative estimate of drug-likeness (QED) is 0.906. The van der Waals surface area contributed by atoms with E-state index < -0.39 is 0 Å². The Hall–Kier alpha value is -1.46. The van der Waals surface area contributed by atoms with E-state index in [-0.39, 0.29) is 5.91 Å². The molecule has 3 atom stereocenters. The van der Waals surface area contributed by atoms with E-state index in [1.54, 1.807) is 0 Å². The van der Waals surface area contributed by atoms with E-state index in [0.717, 1.165) is 28.7 Å². The lowest BCUT2D eigenvalue weighted by Gasteiger charge is -2.23. The largest absolute Gasteiger partial charge is 0.348 e. The van der Waals surface area contributed by atoms with Crippen LogP contribution < -0.4 is 5.32 Å². The number of carbonyl (C=O) groups is 1. The maximum absolute atomic E-state index is 12.3. The van der Waals surface area contributed by atoms with Crippen molar-refractivity contribution in [3.8, 4) is 0 Å². The normalized spacial score (nSPS) is 28.9. The van der Waals surface area contributed by atoms with Crippen molar-refractivity contribution in [3.63, 3.8) is 0 Å². The molecule has 4 rings (SSSR count). The predicted molar refractivity (Wildman–Crippen MR) is 75.4 cm³/mol. The van der Waals surface area contributed by atoms with Gasteiger partial charge in [-0.3, -0.25) is 4.79 Å². The van der Waals surface area contributed by atoms with Crippen LogP contribution >= 0.6 is 11.5 Å². The van der Waals surface area contributed by atoms with Gasteiger partial charge in [0.15, 0.2) is 0 Å². The lowest BCUT2D eigenvalue weighted by atomic mass is 9.99. The highest BCUT2D eigenvalue weighted by Gasteiger charge is 2.38. The molecule has 19 heavy (non-hydrogen) atoms. The molecule has 3 heterocycles. The fourth-order valence-electron chi connectivity index (χ4n) is 3.21. The van der Waals surface area contributed by atoms with Crippen LogP contribution in [0.1, 0.15) is 16.8 Å². The smallest absolute Gasteiger partial charge is 0.251 e. The number of nitrogens with one attached hydrogen (secondary N) is 1. The number of aromatic nitrogens is 1. The number of benzene rings is 1. The highest BCUT2D eigenvalue weighted by Crippen LogP contribution is 2.28. The molecule has 1 aromatic carbocycles. The molecule has 1 N–H and O–H groups in total. The van der Waals surface area contributed by atoms with E-state index in [4.69, 9.17) is 0 Å². The molecule has 2 aliphatic rings. The minimum atomic E-state index is 0.0480. The van der Waals surface area contributed by atoms with Gasteiger partial charge in [0, 0.05) is 36.3 Å². The van der Waals surface area contributed by atoms with E-state index >= 15 is 0 Å². The van der Waals surface area contributed by atoms with Gasteiger partial charge in [-0.15, -0.1) is 0 Å². The molecule has 0 spiro atoms. The molecule has 5 heteroatoms. The van der Waals surface area contributed by atoms with Gasteiger partial charge in [0.1, 0.15) is 0 Å². The first-order valence-electron chi connectivity index (χ1n) is 6.67. The Morgan fingerprint density at radius 2 is 2.37 bits per heavy atom. The molecular formula is C14H15N3OS. The molecule has 1 amide bonds. The molecule has 98 valence electrons. The zero-order valence-corrected chi connectivity index (χ0v) is 11.3. The van der Waals surface area contributed by atoms with Gasteiger partial charge in [-0.25, -0.2) is 0 Å². The maximum Gasteiger partial charge on any atom is 0.251 e. The molecule has 0 aliphatic carbocycles. The first-order chi connectivity index (χ1) is 9.29. The van der Waals surface area contributed by atoms with Crippen LogP contribution in [0.2, 0.25) is 0 Å². The topological polar surface area (TPSA) is 45.2 Å². The second-order valence-electron chi connectivity index (χ2n) is 5.47. The van der Waals surface area contributed by atoms with Gasteiger partial charge in [0.2, 0.25) is 0 Å². The fraction of sp³-hybridized carbons (Fsp3) is 0.429. The number of nitrogens with zero attached hydrogens (tertiary/aromatic N) is 2. The number of hydrogen-bond acceptors (Lipinski definition) is 4. The molecule has 3 unspecified atom stereocenters. The molecule has 0 radical (unpaired) electrons. The van der Waals surface area contributed by atoms with Gasteiger partial charge in [-0.2, -0.15) is 4.37 Å². The van der Waals surface area contributed by atoms with Crippen molar-refractivity contribution < 1.29 is 4.79 Å². The minimum absolute atomic E-state index is 0.0480. The average molecular weight is 273 g/mol. The molecule has 2 aromatic rings. The van der Waals surface area contributed by atoms with Crippen molar-refractivity contribution in [2.75, 3.05) is 19.6 Å². The number of amides is 1. The lowest BCUT2D eigenvalue weighted by molar-refractivity contribution is 0.0924. The fourth-order valence-corrected chi connectivity index (χ4v) is 3.84. The van der Waals surface area contributed by atoms with Crippen LogP contribution in [0.3, 0.4) is 0 Å². The van der Waals surface area contributed by atoms with Crippen molar-refractivity contribution in [2.24, 2.45) is 5.92 Å². The summed E-state index contributed by atoms with van der Waals surface area (Å²) in [5.41, 5.74) is 0.741. The molecule has 2 bridgehead atoms. The molecular weight excluding hydrogens is 258 g/mol. The van der Waals surface area contributed by atoms with E-state index in [0.29, 0.717) is 12.0 Å². The summed E-state index contributed by atoms with van der Waals surface area (Å²) in [5.74, 6) is 0.697. The van der Waals surface area contributed by atoms with Gasteiger partial charge >= 0.3 is 0 Å². The van der Waals surface area contributed by atoms with E-state index in [2.05, 4.69) is 14.6 Å². The summed E-state index contributed by atoms with van der Waals surface area (Å²) in [6.07, 6.45) is 3.04. The summed E-state index contributed by atoms with van der Waals surface area (Å²) in [6.45, 7) is 3.36. The maximum atomic E-state index is 12.3. The van der Waals surface area contributed by atoms with E-state index in [1.165, 1.54) is 24.5 Å². The third-order valence-electron chi connectivity index (χ3n) is 4.26. The minimum Gasteiger partial charge on any atom is -0.348 e. The SMILES string of the molecule is O=C(NC1CN2CCC1C2)c1ccc2sncc2c1. The van der Waals surface area contributed by atoms with Gasteiger partial charge in [0.05, 0.1) is 4.70 Å². The Morgan fingerprint density at radius 1 is 1.42 bits per heavy atom. The molecule has 2 aliphatic heterocycles. The Balaban J connectivity index is 1.53. The van der Waals surface area contributed by atoms with Gasteiger partial charge < -0.3 is 10.2 Å². The van der Waals surface area contributed by atoms with Crippen LogP contribution in [0.5, 0.6) is 0 Å². The second-order valence-corrected chi connectivity index (χ2v) is 6.30. The first kappa shape index (κ1) is 11.4. The van der Waals surface area contributed by atoms with Crippen molar-refractivity contribution in [2.45, 2.75) is 12.5 Å². The van der Waals surface area contributed by atoms with Crippen LogP contribution in [0, 0.1) is 5.92 Å². The Kier molecular flexibility index (Phi) is 2.56. The van der Waals surface area contributed by atoms with Crippen LogP contribution in [0.15, 0.2) is 24.4 Å². The summed E-state index contributed by atoms with van der Waals surface area (Å²) < 4.78 is 5.27. The monoisotopic (exact) mass is 273 g/mol. The van der Waals surface area contributed by atoms with Gasteiger partial charge in [-0.1, -0.05) is 0 Å². The van der Waals surface area contributed by atoms with Crippen LogP contribution in [-0.2, 0) is 0 Å². The molecule has 1 aromatic heterocycles. The number of fused-ring (bicyclic) bond motifs is 3. The Morgan fingerprint density at radius 3 is 3.16 bits per heavy atom. The Labute approximate surface area is 115 Å². The van der Waals surface area contributed by atoms with Crippen molar-refractivity contribution in [1.82, 2.24) is 14.6 Å². The van der Waals surface area contributed by atoms with Crippen molar-refractivity contribution in [3.05, 3.63) is 30.0 Å². The van der Waals surface area contributed by atoms with Crippen LogP contribution in [0.4, 0.5) is 0 Å². The summed E-state index contributed by atoms with van der Waals surface area (Å²) in [4.78, 5) is 14.7. The third kappa shape index (κ3) is 1.93. The molecule has 2 saturated heterocycles. The highest BCUT2D eigenvalue weighted by atomic mass is 32.1. The number of carbonyl (C=O) groups excluding carboxylic acids is 1. The highest BCUT2D eigenvalue weighted by molar-refractivity contribution is 7.13. The summed E-state index contributed by atoms with van der Waals surface area (Å²) in [7, 11) is 0. The van der Waals surface area contributed by atoms with Crippen LogP contribution in [-0.4, -0.2) is 40.9 Å². The zero-order valence-electron chi connectivity index (χ0n) is 10.5. The predicted octanol–water partition coefficient (Wildman–Crippen LogP) is 1.73. The zero-order chi connectivity index (χ0) is 12.8. The third-order valence-corrected chi connectivity index (χ3v) is 5.04. The average Bonchev–Trinajstić information content (AvgIpc) is 3.13. The standard InChI is InChI=1S/C14H15N3OS/c18-14(16-12-8-17-4-3-10(12)7-17)9-1-2-13-11(5-9)6-15-19-13/h1-2,5-6,10,12H,3-4,7-8H2,(H,16,18). The summed E-state index contributed by atoms with van der Waals surface area (Å²) >= 11 is 1.46. The van der Waals surface area contributed by atoms with E-state index in [1.807, 2.05) is 24.4 Å². The van der Waals surface area contributed by atoms with Crippen LogP contribution in [0.25, 0.3) is 10.1 Å².